The first kappa shape index (κ1) is 24.4. The molecule has 0 saturated carbocycles. The molecule has 1 aliphatic heterocycles. The monoisotopic (exact) mass is 480 g/mol. The van der Waals surface area contributed by atoms with Gasteiger partial charge >= 0.3 is 0 Å². The van der Waals surface area contributed by atoms with Gasteiger partial charge in [0.1, 0.15) is 17.0 Å². The molecule has 6 nitrogen and oxygen atoms in total. The number of benzene rings is 1. The Labute approximate surface area is 194 Å². The average molecular weight is 481 g/mol. The van der Waals surface area contributed by atoms with Crippen molar-refractivity contribution >= 4 is 46.8 Å². The molecule has 0 radical (unpaired) electrons. The third-order valence-corrected chi connectivity index (χ3v) is 6.45. The van der Waals surface area contributed by atoms with Crippen LogP contribution in [0.1, 0.15) is 39.2 Å². The molecule has 1 unspecified atom stereocenters. The number of rotatable bonds is 6. The number of ether oxygens (including phenoxy) is 1. The number of carbonyl (C=O) groups is 2. The van der Waals surface area contributed by atoms with Gasteiger partial charge in [-0.3, -0.25) is 19.0 Å². The quantitative estimate of drug-likeness (QED) is 0.687. The highest BCUT2D eigenvalue weighted by Crippen LogP contribution is 2.19. The van der Waals surface area contributed by atoms with Crippen LogP contribution in [0.15, 0.2) is 23.0 Å². The molecular formula is C23H26ClFN2O4S. The van der Waals surface area contributed by atoms with E-state index in [1.54, 1.807) is 20.8 Å². The van der Waals surface area contributed by atoms with Crippen LogP contribution in [0, 0.1) is 11.2 Å². The Kier molecular flexibility index (Phi) is 7.69. The Morgan fingerprint density at radius 2 is 2.12 bits per heavy atom. The first-order chi connectivity index (χ1) is 15.1. The molecule has 1 N–H and O–H groups in total. The third-order valence-electron chi connectivity index (χ3n) is 5.06. The first-order valence-corrected chi connectivity index (χ1v) is 11.6. The minimum Gasteiger partial charge on any atom is -0.376 e. The fraction of sp³-hybridized carbons (Fsp3) is 0.435. The van der Waals surface area contributed by atoms with E-state index in [9.17, 15) is 18.8 Å². The van der Waals surface area contributed by atoms with E-state index in [1.807, 2.05) is 0 Å². The van der Waals surface area contributed by atoms with E-state index in [1.165, 1.54) is 34.9 Å². The maximum absolute atomic E-state index is 14.2. The molecule has 1 aromatic heterocycles. The second-order valence-corrected chi connectivity index (χ2v) is 10.1. The lowest BCUT2D eigenvalue weighted by Gasteiger charge is -2.13. The van der Waals surface area contributed by atoms with Crippen LogP contribution in [0.25, 0.3) is 12.2 Å². The standard InChI is InChI=1S/C23H26ClFN2O4S/c1-23(2,3)19(28)11-21-27(13-20(29)26-12-14-6-5-9-31-14)22(30)18(32-21)10-15-16(24)7-4-8-17(15)25/h4,7-8,10-11,14H,5-6,9,12-13H2,1-3H3,(H,26,29)/b18-10-,21-11-. The summed E-state index contributed by atoms with van der Waals surface area (Å²) in [7, 11) is 0. The number of halogens is 2. The highest BCUT2D eigenvalue weighted by Gasteiger charge is 2.21. The number of thiazole rings is 1. The zero-order chi connectivity index (χ0) is 23.5. The van der Waals surface area contributed by atoms with Gasteiger partial charge in [0.05, 0.1) is 15.7 Å². The van der Waals surface area contributed by atoms with Gasteiger partial charge in [-0.25, -0.2) is 4.39 Å². The number of amides is 1. The molecule has 3 rings (SSSR count). The lowest BCUT2D eigenvalue weighted by Crippen LogP contribution is -2.40. The molecule has 1 fully saturated rings. The molecule has 0 spiro atoms. The van der Waals surface area contributed by atoms with Crippen LogP contribution in [0.4, 0.5) is 4.39 Å². The van der Waals surface area contributed by atoms with Crippen molar-refractivity contribution in [1.82, 2.24) is 9.88 Å². The van der Waals surface area contributed by atoms with Crippen LogP contribution in [0.5, 0.6) is 0 Å². The number of hydrogen-bond acceptors (Lipinski definition) is 5. The minimum absolute atomic E-state index is 0.0289. The largest absolute Gasteiger partial charge is 0.376 e. The minimum atomic E-state index is -0.661. The number of aromatic nitrogens is 1. The topological polar surface area (TPSA) is 77.4 Å². The Bertz CT molecular complexity index is 1170. The van der Waals surface area contributed by atoms with Crippen LogP contribution in [-0.2, 0) is 20.9 Å². The van der Waals surface area contributed by atoms with Gasteiger partial charge in [-0.05, 0) is 31.1 Å². The lowest BCUT2D eigenvalue weighted by molar-refractivity contribution is -0.122. The van der Waals surface area contributed by atoms with Gasteiger partial charge in [-0.1, -0.05) is 38.4 Å². The van der Waals surface area contributed by atoms with Crippen LogP contribution in [0.3, 0.4) is 0 Å². The second kappa shape index (κ2) is 10.1. The van der Waals surface area contributed by atoms with Crippen LogP contribution in [0.2, 0.25) is 5.02 Å². The SMILES string of the molecule is CC(C)(C)C(=O)/C=c1\s/c(=C\c2c(F)cccc2Cl)c(=O)n1CC(=O)NCC1CCCO1. The molecule has 1 aromatic carbocycles. The highest BCUT2D eigenvalue weighted by atomic mass is 35.5. The Hall–Kier alpha value is -2.29. The van der Waals surface area contributed by atoms with E-state index < -0.39 is 16.8 Å². The van der Waals surface area contributed by atoms with Crippen molar-refractivity contribution in [2.24, 2.45) is 5.41 Å². The van der Waals surface area contributed by atoms with Crippen LogP contribution in [-0.4, -0.2) is 35.5 Å². The molecular weight excluding hydrogens is 455 g/mol. The van der Waals surface area contributed by atoms with Crippen LogP contribution < -0.4 is 20.1 Å². The number of hydrogen-bond donors (Lipinski definition) is 1. The summed E-state index contributed by atoms with van der Waals surface area (Å²) in [6, 6.07) is 4.25. The fourth-order valence-electron chi connectivity index (χ4n) is 3.13. The van der Waals surface area contributed by atoms with Crippen molar-refractivity contribution < 1.29 is 18.7 Å². The fourth-order valence-corrected chi connectivity index (χ4v) is 4.37. The summed E-state index contributed by atoms with van der Waals surface area (Å²) in [5.74, 6) is -1.13. The van der Waals surface area contributed by atoms with Crippen molar-refractivity contribution in [3.63, 3.8) is 0 Å². The molecule has 32 heavy (non-hydrogen) atoms. The molecule has 1 amide bonds. The third kappa shape index (κ3) is 5.94. The average Bonchev–Trinajstić information content (AvgIpc) is 3.33. The van der Waals surface area contributed by atoms with E-state index in [4.69, 9.17) is 16.3 Å². The summed E-state index contributed by atoms with van der Waals surface area (Å²) in [6.45, 7) is 6.08. The van der Waals surface area contributed by atoms with E-state index in [2.05, 4.69) is 5.32 Å². The second-order valence-electron chi connectivity index (χ2n) is 8.67. The van der Waals surface area contributed by atoms with Gasteiger partial charge < -0.3 is 10.1 Å². The van der Waals surface area contributed by atoms with Crippen LogP contribution >= 0.6 is 22.9 Å². The zero-order valence-corrected chi connectivity index (χ0v) is 19.8. The number of nitrogens with one attached hydrogen (secondary N) is 1. The number of carbonyl (C=O) groups excluding carboxylic acids is 2. The smallest absolute Gasteiger partial charge is 0.269 e. The van der Waals surface area contributed by atoms with E-state index in [0.29, 0.717) is 17.8 Å². The maximum Gasteiger partial charge on any atom is 0.269 e. The summed E-state index contributed by atoms with van der Waals surface area (Å²) in [5, 5.41) is 2.94. The van der Waals surface area contributed by atoms with E-state index in [0.717, 1.165) is 24.2 Å². The van der Waals surface area contributed by atoms with Crippen molar-refractivity contribution in [2.75, 3.05) is 13.2 Å². The Morgan fingerprint density at radius 1 is 1.38 bits per heavy atom. The lowest BCUT2D eigenvalue weighted by atomic mass is 9.91. The molecule has 9 heteroatoms. The molecule has 1 aliphatic rings. The van der Waals surface area contributed by atoms with Gasteiger partial charge in [0.2, 0.25) is 5.91 Å². The highest BCUT2D eigenvalue weighted by molar-refractivity contribution is 7.07. The number of nitrogens with zero attached hydrogens (tertiary/aromatic N) is 1. The van der Waals surface area contributed by atoms with E-state index >= 15 is 0 Å². The van der Waals surface area contributed by atoms with E-state index in [-0.39, 0.29) is 39.5 Å². The molecule has 172 valence electrons. The van der Waals surface area contributed by atoms with Gasteiger partial charge in [-0.15, -0.1) is 11.3 Å². The van der Waals surface area contributed by atoms with Crippen molar-refractivity contribution in [1.29, 1.82) is 0 Å². The molecule has 2 aromatic rings. The van der Waals surface area contributed by atoms with Crippen molar-refractivity contribution in [2.45, 2.75) is 46.3 Å². The van der Waals surface area contributed by atoms with Crippen molar-refractivity contribution in [3.05, 3.63) is 54.2 Å². The number of ketones is 1. The molecule has 2 heterocycles. The summed E-state index contributed by atoms with van der Waals surface area (Å²) in [6.07, 6.45) is 4.51. The Balaban J connectivity index is 2.01. The molecule has 0 aliphatic carbocycles. The maximum atomic E-state index is 14.2. The van der Waals surface area contributed by atoms with Gasteiger partial charge in [0.15, 0.2) is 5.78 Å². The van der Waals surface area contributed by atoms with Gasteiger partial charge in [-0.2, -0.15) is 0 Å². The summed E-state index contributed by atoms with van der Waals surface area (Å²) < 4.78 is 21.5. The predicted molar refractivity (Wildman–Crippen MR) is 124 cm³/mol. The summed E-state index contributed by atoms with van der Waals surface area (Å²) in [4.78, 5) is 38.2. The molecule has 0 bridgehead atoms. The number of Topliss-reactive ketones (excluding diaryl/α,β-unsaturated/α-hetero) is 1. The summed E-state index contributed by atoms with van der Waals surface area (Å²) in [5.41, 5.74) is -1.07. The Morgan fingerprint density at radius 3 is 2.75 bits per heavy atom. The van der Waals surface area contributed by atoms with Gasteiger partial charge in [0.25, 0.3) is 5.56 Å². The normalized spacial score (nSPS) is 17.7. The zero-order valence-electron chi connectivity index (χ0n) is 18.2. The molecule has 1 saturated heterocycles. The van der Waals surface area contributed by atoms with Gasteiger partial charge in [0, 0.05) is 30.2 Å². The predicted octanol–water partition coefficient (Wildman–Crippen LogP) is 2.22. The molecule has 1 atom stereocenters. The van der Waals surface area contributed by atoms with Crippen molar-refractivity contribution in [3.8, 4) is 0 Å². The first-order valence-electron chi connectivity index (χ1n) is 10.4. The summed E-state index contributed by atoms with van der Waals surface area (Å²) >= 11 is 7.11.